The standard InChI is InChI=1S/C16H14N6/c17-15-12-3-1-2-4-13(12)20-16(21-15,14-7-10-19-22-14)11-5-8-18-9-6-11/h1-10,20H,(H2,17,21)(H,19,22). The number of nitrogens with one attached hydrogen (secondary N) is 2. The van der Waals surface area contributed by atoms with Gasteiger partial charge in [0.2, 0.25) is 5.66 Å². The third-order valence-electron chi connectivity index (χ3n) is 3.80. The third kappa shape index (κ3) is 1.77. The predicted octanol–water partition coefficient (Wildman–Crippen LogP) is 1.84. The van der Waals surface area contributed by atoms with Crippen LogP contribution in [0.3, 0.4) is 0 Å². The highest BCUT2D eigenvalue weighted by Gasteiger charge is 2.39. The van der Waals surface area contributed by atoms with Crippen LogP contribution in [0.4, 0.5) is 5.69 Å². The van der Waals surface area contributed by atoms with Crippen molar-refractivity contribution in [2.24, 2.45) is 10.7 Å². The summed E-state index contributed by atoms with van der Waals surface area (Å²) in [4.78, 5) is 8.83. The van der Waals surface area contributed by atoms with Crippen LogP contribution in [0, 0.1) is 0 Å². The molecule has 4 rings (SSSR count). The van der Waals surface area contributed by atoms with Crippen molar-refractivity contribution in [3.8, 4) is 0 Å². The van der Waals surface area contributed by atoms with E-state index >= 15 is 0 Å². The Bertz CT molecular complexity index is 825. The molecular weight excluding hydrogens is 276 g/mol. The van der Waals surface area contributed by atoms with E-state index in [1.807, 2.05) is 42.5 Å². The highest BCUT2D eigenvalue weighted by atomic mass is 15.2. The fourth-order valence-electron chi connectivity index (χ4n) is 2.75. The number of aromatic amines is 1. The highest BCUT2D eigenvalue weighted by molar-refractivity contribution is 6.04. The number of fused-ring (bicyclic) bond motifs is 1. The van der Waals surface area contributed by atoms with Gasteiger partial charge in [-0.25, -0.2) is 4.99 Å². The Morgan fingerprint density at radius 3 is 2.55 bits per heavy atom. The van der Waals surface area contributed by atoms with Crippen molar-refractivity contribution in [2.45, 2.75) is 5.66 Å². The molecule has 0 spiro atoms. The number of nitrogens with two attached hydrogens (primary N) is 1. The molecule has 1 aromatic carbocycles. The fourth-order valence-corrected chi connectivity index (χ4v) is 2.75. The summed E-state index contributed by atoms with van der Waals surface area (Å²) in [5, 5.41) is 10.6. The maximum Gasteiger partial charge on any atom is 0.200 e. The van der Waals surface area contributed by atoms with Crippen molar-refractivity contribution in [2.75, 3.05) is 5.32 Å². The molecule has 3 heterocycles. The smallest absolute Gasteiger partial charge is 0.200 e. The van der Waals surface area contributed by atoms with Crippen molar-refractivity contribution in [1.82, 2.24) is 15.2 Å². The van der Waals surface area contributed by atoms with Gasteiger partial charge in [-0.3, -0.25) is 10.1 Å². The number of aromatic nitrogens is 3. The molecule has 0 aliphatic carbocycles. The lowest BCUT2D eigenvalue weighted by atomic mass is 9.93. The number of H-pyrrole nitrogens is 1. The Morgan fingerprint density at radius 2 is 1.77 bits per heavy atom. The number of nitrogens with zero attached hydrogens (tertiary/aromatic N) is 3. The van der Waals surface area contributed by atoms with Crippen LogP contribution in [0.15, 0.2) is 66.0 Å². The van der Waals surface area contributed by atoms with Gasteiger partial charge in [0.1, 0.15) is 5.84 Å². The predicted molar refractivity (Wildman–Crippen MR) is 84.4 cm³/mol. The lowest BCUT2D eigenvalue weighted by Gasteiger charge is -2.35. The molecule has 1 atom stereocenters. The van der Waals surface area contributed by atoms with Crippen LogP contribution in [0.1, 0.15) is 16.8 Å². The lowest BCUT2D eigenvalue weighted by Crippen LogP contribution is -2.41. The molecule has 1 unspecified atom stereocenters. The molecule has 6 nitrogen and oxygen atoms in total. The zero-order valence-electron chi connectivity index (χ0n) is 11.7. The maximum atomic E-state index is 6.23. The minimum atomic E-state index is -0.835. The van der Waals surface area contributed by atoms with E-state index in [9.17, 15) is 0 Å². The van der Waals surface area contributed by atoms with Crippen LogP contribution in [-0.4, -0.2) is 21.0 Å². The normalized spacial score (nSPS) is 19.9. The number of benzene rings is 1. The van der Waals surface area contributed by atoms with Crippen molar-refractivity contribution in [3.05, 3.63) is 77.9 Å². The topological polar surface area (TPSA) is 92.0 Å². The summed E-state index contributed by atoms with van der Waals surface area (Å²) in [7, 11) is 0. The number of aliphatic imine (C=N–C) groups is 1. The lowest BCUT2D eigenvalue weighted by molar-refractivity contribution is 0.593. The molecule has 6 heteroatoms. The second-order valence-corrected chi connectivity index (χ2v) is 5.08. The molecular formula is C16H14N6. The van der Waals surface area contributed by atoms with Gasteiger partial charge in [0.25, 0.3) is 0 Å². The molecule has 0 amide bonds. The largest absolute Gasteiger partial charge is 0.383 e. The molecule has 108 valence electrons. The number of para-hydroxylation sites is 1. The average Bonchev–Trinajstić information content (AvgIpc) is 3.10. The van der Waals surface area contributed by atoms with Gasteiger partial charge < -0.3 is 11.1 Å². The zero-order valence-corrected chi connectivity index (χ0v) is 11.7. The average molecular weight is 290 g/mol. The van der Waals surface area contributed by atoms with Gasteiger partial charge in [-0.05, 0) is 30.3 Å². The van der Waals surface area contributed by atoms with Crippen LogP contribution in [-0.2, 0) is 5.66 Å². The summed E-state index contributed by atoms with van der Waals surface area (Å²) >= 11 is 0. The summed E-state index contributed by atoms with van der Waals surface area (Å²) in [6.07, 6.45) is 5.18. The first-order valence-corrected chi connectivity index (χ1v) is 6.93. The van der Waals surface area contributed by atoms with Gasteiger partial charge >= 0.3 is 0 Å². The molecule has 2 aromatic heterocycles. The van der Waals surface area contributed by atoms with E-state index in [1.54, 1.807) is 18.6 Å². The molecule has 22 heavy (non-hydrogen) atoms. The van der Waals surface area contributed by atoms with Crippen molar-refractivity contribution < 1.29 is 0 Å². The van der Waals surface area contributed by atoms with E-state index in [4.69, 9.17) is 10.7 Å². The van der Waals surface area contributed by atoms with Crippen LogP contribution < -0.4 is 11.1 Å². The van der Waals surface area contributed by atoms with Gasteiger partial charge in [-0.2, -0.15) is 5.10 Å². The number of amidine groups is 1. The zero-order chi connectivity index (χ0) is 15.0. The Morgan fingerprint density at radius 1 is 0.955 bits per heavy atom. The van der Waals surface area contributed by atoms with E-state index in [1.165, 1.54) is 0 Å². The van der Waals surface area contributed by atoms with Gasteiger partial charge in [0, 0.05) is 35.4 Å². The summed E-state index contributed by atoms with van der Waals surface area (Å²) in [5.74, 6) is 0.487. The number of pyridine rings is 1. The minimum Gasteiger partial charge on any atom is -0.383 e. The molecule has 0 saturated carbocycles. The van der Waals surface area contributed by atoms with E-state index in [0.29, 0.717) is 5.84 Å². The van der Waals surface area contributed by atoms with Gasteiger partial charge in [0.15, 0.2) is 0 Å². The number of rotatable bonds is 2. The second-order valence-electron chi connectivity index (χ2n) is 5.08. The first-order chi connectivity index (χ1) is 10.8. The Balaban J connectivity index is 1.97. The molecule has 0 saturated heterocycles. The monoisotopic (exact) mass is 290 g/mol. The Kier molecular flexibility index (Phi) is 2.69. The number of hydrogen-bond donors (Lipinski definition) is 3. The number of anilines is 1. The molecule has 0 bridgehead atoms. The highest BCUT2D eigenvalue weighted by Crippen LogP contribution is 2.38. The Hall–Kier alpha value is -3.15. The van der Waals surface area contributed by atoms with Gasteiger partial charge in [-0.1, -0.05) is 12.1 Å². The first kappa shape index (κ1) is 12.6. The molecule has 1 aliphatic rings. The summed E-state index contributed by atoms with van der Waals surface area (Å²) in [5.41, 5.74) is 8.97. The fraction of sp³-hybridized carbons (Fsp3) is 0.0625. The second kappa shape index (κ2) is 4.70. The van der Waals surface area contributed by atoms with Gasteiger partial charge in [0.05, 0.1) is 5.69 Å². The third-order valence-corrected chi connectivity index (χ3v) is 3.80. The van der Waals surface area contributed by atoms with Crippen LogP contribution in [0.25, 0.3) is 0 Å². The molecule has 0 radical (unpaired) electrons. The van der Waals surface area contributed by atoms with Gasteiger partial charge in [-0.15, -0.1) is 0 Å². The summed E-state index contributed by atoms with van der Waals surface area (Å²) in [6, 6.07) is 13.6. The minimum absolute atomic E-state index is 0.487. The SMILES string of the molecule is NC1=NC(c2ccncc2)(c2ccn[nH]2)Nc2ccccc21. The maximum absolute atomic E-state index is 6.23. The molecule has 4 N–H and O–H groups in total. The van der Waals surface area contributed by atoms with E-state index < -0.39 is 5.66 Å². The molecule has 1 aliphatic heterocycles. The molecule has 0 fully saturated rings. The quantitative estimate of drug-likeness (QED) is 0.671. The Labute approximate surface area is 127 Å². The van der Waals surface area contributed by atoms with Crippen LogP contribution >= 0.6 is 0 Å². The molecule has 3 aromatic rings. The van der Waals surface area contributed by atoms with Crippen LogP contribution in [0.5, 0.6) is 0 Å². The van der Waals surface area contributed by atoms with Crippen molar-refractivity contribution in [3.63, 3.8) is 0 Å². The number of hydrogen-bond acceptors (Lipinski definition) is 5. The van der Waals surface area contributed by atoms with Crippen LogP contribution in [0.2, 0.25) is 0 Å². The summed E-state index contributed by atoms with van der Waals surface area (Å²) < 4.78 is 0. The summed E-state index contributed by atoms with van der Waals surface area (Å²) in [6.45, 7) is 0. The van der Waals surface area contributed by atoms with E-state index in [-0.39, 0.29) is 0 Å². The van der Waals surface area contributed by atoms with Crippen molar-refractivity contribution >= 4 is 11.5 Å². The van der Waals surface area contributed by atoms with E-state index in [2.05, 4.69) is 20.5 Å². The van der Waals surface area contributed by atoms with Crippen molar-refractivity contribution in [1.29, 1.82) is 0 Å². The first-order valence-electron chi connectivity index (χ1n) is 6.93. The van der Waals surface area contributed by atoms with E-state index in [0.717, 1.165) is 22.5 Å².